The molecule has 14 heteroatoms. The van der Waals surface area contributed by atoms with E-state index >= 15 is 0 Å². The predicted molar refractivity (Wildman–Crippen MR) is 144 cm³/mol. The van der Waals surface area contributed by atoms with Crippen LogP contribution in [0.25, 0.3) is 0 Å². The Morgan fingerprint density at radius 1 is 1.26 bits per heavy atom. The Bertz CT molecular complexity index is 1360. The quantitative estimate of drug-likeness (QED) is 0.238. The number of anilines is 1. The number of esters is 1. The third-order valence-corrected chi connectivity index (χ3v) is 7.61. The molecule has 0 radical (unpaired) electrons. The van der Waals surface area contributed by atoms with Crippen LogP contribution in [0.5, 0.6) is 5.75 Å². The first-order chi connectivity index (χ1) is 17.9. The Balaban J connectivity index is 1.73. The molecule has 0 bridgehead atoms. The molecular formula is C24H27ClFN5O5S2. The van der Waals surface area contributed by atoms with E-state index in [4.69, 9.17) is 26.8 Å². The van der Waals surface area contributed by atoms with Gasteiger partial charge < -0.3 is 25.1 Å². The number of carbonyl (C=O) groups is 3. The second-order valence-electron chi connectivity index (χ2n) is 8.34. The molecule has 3 rings (SSSR count). The number of nitrogens with one attached hydrogen (secondary N) is 1. The van der Waals surface area contributed by atoms with Crippen molar-refractivity contribution in [1.29, 1.82) is 0 Å². The highest BCUT2D eigenvalue weighted by Crippen LogP contribution is 2.34. The van der Waals surface area contributed by atoms with E-state index in [1.165, 1.54) is 12.1 Å². The molecule has 0 aliphatic rings. The number of thioether (sulfide) groups is 1. The summed E-state index contributed by atoms with van der Waals surface area (Å²) in [6.45, 7) is 9.11. The summed E-state index contributed by atoms with van der Waals surface area (Å²) in [5.74, 6) is -1.53. The zero-order chi connectivity index (χ0) is 28.1. The molecule has 1 unspecified atom stereocenters. The number of thiophene rings is 1. The monoisotopic (exact) mass is 583 g/mol. The van der Waals surface area contributed by atoms with E-state index in [9.17, 15) is 18.8 Å². The number of aromatic nitrogens is 3. The van der Waals surface area contributed by atoms with Gasteiger partial charge in [-0.15, -0.1) is 21.5 Å². The molecule has 3 N–H and O–H groups in total. The van der Waals surface area contributed by atoms with Gasteiger partial charge in [-0.3, -0.25) is 9.59 Å². The number of halogens is 2. The van der Waals surface area contributed by atoms with Gasteiger partial charge in [0.25, 0.3) is 5.91 Å². The van der Waals surface area contributed by atoms with E-state index in [1.807, 2.05) is 6.92 Å². The van der Waals surface area contributed by atoms with Crippen molar-refractivity contribution in [2.75, 3.05) is 11.1 Å². The number of amides is 2. The average molecular weight is 584 g/mol. The molecule has 0 saturated heterocycles. The summed E-state index contributed by atoms with van der Waals surface area (Å²) in [7, 11) is 0. The number of hydrogen-bond donors (Lipinski definition) is 2. The summed E-state index contributed by atoms with van der Waals surface area (Å²) in [6, 6.07) is 3.83. The lowest BCUT2D eigenvalue weighted by Crippen LogP contribution is -2.18. The van der Waals surface area contributed by atoms with Gasteiger partial charge >= 0.3 is 5.97 Å². The maximum atomic E-state index is 13.3. The number of benzene rings is 1. The van der Waals surface area contributed by atoms with Crippen LogP contribution >= 0.6 is 34.7 Å². The highest BCUT2D eigenvalue weighted by atomic mass is 35.5. The minimum absolute atomic E-state index is 0.0569. The molecule has 0 fully saturated rings. The number of ether oxygens (including phenoxy) is 2. The van der Waals surface area contributed by atoms with E-state index < -0.39 is 35.8 Å². The zero-order valence-electron chi connectivity index (χ0n) is 21.3. The van der Waals surface area contributed by atoms with Crippen molar-refractivity contribution >= 4 is 57.5 Å². The van der Waals surface area contributed by atoms with Gasteiger partial charge in [0.1, 0.15) is 16.6 Å². The van der Waals surface area contributed by atoms with E-state index in [1.54, 1.807) is 32.3 Å². The normalized spacial score (nSPS) is 11.9. The number of hydrogen-bond acceptors (Lipinski definition) is 9. The first-order valence-corrected chi connectivity index (χ1v) is 13.7. The highest BCUT2D eigenvalue weighted by molar-refractivity contribution is 7.99. The van der Waals surface area contributed by atoms with Gasteiger partial charge in [0.05, 0.1) is 27.3 Å². The summed E-state index contributed by atoms with van der Waals surface area (Å²) in [5.41, 5.74) is 5.88. The fourth-order valence-electron chi connectivity index (χ4n) is 3.47. The van der Waals surface area contributed by atoms with Gasteiger partial charge in [-0.1, -0.05) is 23.4 Å². The minimum Gasteiger partial charge on any atom is -0.481 e. The Labute approximate surface area is 232 Å². The van der Waals surface area contributed by atoms with Crippen molar-refractivity contribution in [3.05, 3.63) is 50.9 Å². The first-order valence-electron chi connectivity index (χ1n) is 11.5. The summed E-state index contributed by atoms with van der Waals surface area (Å²) in [4.78, 5) is 37.4. The highest BCUT2D eigenvalue weighted by Gasteiger charge is 2.27. The summed E-state index contributed by atoms with van der Waals surface area (Å²) >= 11 is 8.12. The van der Waals surface area contributed by atoms with Gasteiger partial charge in [-0.2, -0.15) is 0 Å². The third-order valence-electron chi connectivity index (χ3n) is 5.13. The van der Waals surface area contributed by atoms with Gasteiger partial charge in [0.15, 0.2) is 17.1 Å². The molecule has 204 valence electrons. The third kappa shape index (κ3) is 6.83. The molecule has 3 aromatic rings. The minimum atomic E-state index is -0.706. The lowest BCUT2D eigenvalue weighted by molar-refractivity contribution is -0.113. The predicted octanol–water partition coefficient (Wildman–Crippen LogP) is 5.00. The smallest absolute Gasteiger partial charge is 0.341 e. The second kappa shape index (κ2) is 12.6. The largest absolute Gasteiger partial charge is 0.481 e. The van der Waals surface area contributed by atoms with Crippen LogP contribution in [0, 0.1) is 12.7 Å². The molecule has 2 amide bonds. The van der Waals surface area contributed by atoms with Gasteiger partial charge in [0.2, 0.25) is 5.91 Å². The Hall–Kier alpha value is -3.16. The number of rotatable bonds is 11. The standard InChI is InChI=1S/C24H27ClFN5O5S2/c1-6-31-21(13(5)36-16-8-7-14(26)9-15(16)25)29-30-24(31)37-10-17(32)28-22-18(23(34)35-11(2)3)12(4)19(38-22)20(27)33/h7-9,11,13H,6,10H2,1-5H3,(H2,27,33)(H,28,32). The van der Waals surface area contributed by atoms with Crippen LogP contribution in [-0.2, 0) is 16.1 Å². The van der Waals surface area contributed by atoms with Gasteiger partial charge in [-0.05, 0) is 58.4 Å². The van der Waals surface area contributed by atoms with E-state index in [0.29, 0.717) is 28.8 Å². The number of nitrogens with zero attached hydrogens (tertiary/aromatic N) is 3. The molecule has 0 spiro atoms. The molecule has 2 heterocycles. The fourth-order valence-corrected chi connectivity index (χ4v) is 5.55. The summed E-state index contributed by atoms with van der Waals surface area (Å²) in [5, 5.41) is 11.8. The van der Waals surface area contributed by atoms with Crippen LogP contribution in [-0.4, -0.2) is 44.4 Å². The van der Waals surface area contributed by atoms with Crippen LogP contribution in [0.15, 0.2) is 23.4 Å². The molecule has 38 heavy (non-hydrogen) atoms. The van der Waals surface area contributed by atoms with Crippen molar-refractivity contribution in [2.24, 2.45) is 5.73 Å². The average Bonchev–Trinajstić information content (AvgIpc) is 3.39. The Morgan fingerprint density at radius 3 is 2.58 bits per heavy atom. The van der Waals surface area contributed by atoms with Crippen LogP contribution in [0.3, 0.4) is 0 Å². The molecule has 2 aromatic heterocycles. The van der Waals surface area contributed by atoms with Crippen LogP contribution in [0.4, 0.5) is 9.39 Å². The van der Waals surface area contributed by atoms with E-state index in [2.05, 4.69) is 15.5 Å². The van der Waals surface area contributed by atoms with Crippen LogP contribution in [0.1, 0.15) is 65.2 Å². The number of carbonyl (C=O) groups excluding carboxylic acids is 3. The zero-order valence-corrected chi connectivity index (χ0v) is 23.7. The topological polar surface area (TPSA) is 138 Å². The molecule has 1 atom stereocenters. The second-order valence-corrected chi connectivity index (χ2v) is 10.7. The fraction of sp³-hybridized carbons (Fsp3) is 0.375. The Kier molecular flexibility index (Phi) is 9.74. The molecule has 0 saturated carbocycles. The lowest BCUT2D eigenvalue weighted by atomic mass is 10.1. The molecular weight excluding hydrogens is 557 g/mol. The molecule has 0 aliphatic carbocycles. The molecule has 1 aromatic carbocycles. The number of nitrogens with two attached hydrogens (primary N) is 1. The van der Waals surface area contributed by atoms with Gasteiger partial charge in [0, 0.05) is 6.54 Å². The van der Waals surface area contributed by atoms with Crippen molar-refractivity contribution < 1.29 is 28.2 Å². The summed E-state index contributed by atoms with van der Waals surface area (Å²) < 4.78 is 26.2. The van der Waals surface area contributed by atoms with Crippen LogP contribution < -0.4 is 15.8 Å². The summed E-state index contributed by atoms with van der Waals surface area (Å²) in [6.07, 6.45) is -0.956. The maximum absolute atomic E-state index is 13.3. The van der Waals surface area contributed by atoms with Gasteiger partial charge in [-0.25, -0.2) is 9.18 Å². The lowest BCUT2D eigenvalue weighted by Gasteiger charge is -2.16. The van der Waals surface area contributed by atoms with Crippen molar-refractivity contribution in [2.45, 2.75) is 58.5 Å². The maximum Gasteiger partial charge on any atom is 0.341 e. The SMILES string of the molecule is CCn1c(SCC(=O)Nc2sc(C(N)=O)c(C)c2C(=O)OC(C)C)nnc1C(C)Oc1ccc(F)cc1Cl. The van der Waals surface area contributed by atoms with Crippen LogP contribution in [0.2, 0.25) is 5.02 Å². The van der Waals surface area contributed by atoms with Crippen molar-refractivity contribution in [3.63, 3.8) is 0 Å². The Morgan fingerprint density at radius 2 is 1.97 bits per heavy atom. The molecule has 10 nitrogen and oxygen atoms in total. The first kappa shape index (κ1) is 29.4. The van der Waals surface area contributed by atoms with Crippen molar-refractivity contribution in [1.82, 2.24) is 14.8 Å². The van der Waals surface area contributed by atoms with E-state index in [0.717, 1.165) is 29.2 Å². The molecule has 0 aliphatic heterocycles. The van der Waals surface area contributed by atoms with E-state index in [-0.39, 0.29) is 26.2 Å². The van der Waals surface area contributed by atoms with Crippen molar-refractivity contribution in [3.8, 4) is 5.75 Å². The number of primary amides is 1.